The zero-order valence-corrected chi connectivity index (χ0v) is 17.6. The number of carbonyl (C=O) groups is 2. The number of carboxylic acids is 1. The Morgan fingerprint density at radius 3 is 2.26 bits per heavy atom. The van der Waals surface area contributed by atoms with Crippen molar-refractivity contribution < 1.29 is 14.7 Å². The van der Waals surface area contributed by atoms with E-state index in [9.17, 15) is 19.2 Å². The molecule has 0 aliphatic heterocycles. The number of hydrogen-bond acceptors (Lipinski definition) is 4. The number of aromatic carboxylic acids is 1. The molecular weight excluding hydrogens is 447 g/mol. The predicted molar refractivity (Wildman–Crippen MR) is 118 cm³/mol. The van der Waals surface area contributed by atoms with Gasteiger partial charge in [-0.3, -0.25) is 19.2 Å². The topological polar surface area (TPSA) is 122 Å². The summed E-state index contributed by atoms with van der Waals surface area (Å²) in [5.41, 5.74) is -0.244. The van der Waals surface area contributed by atoms with Crippen LogP contribution in [-0.2, 0) is 13.6 Å². The van der Waals surface area contributed by atoms with Gasteiger partial charge in [-0.2, -0.15) is 0 Å². The first-order chi connectivity index (χ1) is 14.7. The molecule has 0 radical (unpaired) electrons. The first kappa shape index (κ1) is 22.1. The summed E-state index contributed by atoms with van der Waals surface area (Å²) < 4.78 is 2.11. The molecule has 1 aromatic heterocycles. The van der Waals surface area contributed by atoms with Crippen LogP contribution >= 0.6 is 23.2 Å². The summed E-state index contributed by atoms with van der Waals surface area (Å²) in [6, 6.07) is 10.7. The average Bonchev–Trinajstić information content (AvgIpc) is 2.72. The van der Waals surface area contributed by atoms with E-state index in [1.807, 2.05) is 0 Å². The van der Waals surface area contributed by atoms with Gasteiger partial charge in [0, 0.05) is 18.8 Å². The van der Waals surface area contributed by atoms with E-state index in [2.05, 4.69) is 10.6 Å². The number of amides is 2. The molecule has 0 fully saturated rings. The number of halogens is 2. The van der Waals surface area contributed by atoms with E-state index in [1.165, 1.54) is 31.3 Å². The molecule has 0 saturated carbocycles. The second-order valence-corrected chi connectivity index (χ2v) is 7.32. The van der Waals surface area contributed by atoms with Crippen molar-refractivity contribution in [1.82, 2.24) is 9.13 Å². The van der Waals surface area contributed by atoms with Gasteiger partial charge in [-0.05, 0) is 42.0 Å². The molecule has 3 rings (SSSR count). The standard InChI is InChI=1S/C20H16Cl2N4O5/c1-25-16(24-19(30)23-13-5-3-12(4-6-13)18(28)29)9-17(27)26(20(25)31)10-11-2-7-14(21)15(22)8-11/h2-9H,10H2,1H3,(H,28,29)(H2,23,24,30). The Labute approximate surface area is 185 Å². The van der Waals surface area contributed by atoms with Crippen LogP contribution in [0.5, 0.6) is 0 Å². The highest BCUT2D eigenvalue weighted by molar-refractivity contribution is 6.42. The number of hydrogen-bond donors (Lipinski definition) is 3. The number of nitrogens with one attached hydrogen (secondary N) is 2. The highest BCUT2D eigenvalue weighted by atomic mass is 35.5. The lowest BCUT2D eigenvalue weighted by atomic mass is 10.2. The van der Waals surface area contributed by atoms with Crippen LogP contribution in [0.15, 0.2) is 58.1 Å². The van der Waals surface area contributed by atoms with Crippen LogP contribution < -0.4 is 21.9 Å². The molecule has 2 aromatic carbocycles. The van der Waals surface area contributed by atoms with Crippen LogP contribution in [0.1, 0.15) is 15.9 Å². The second kappa shape index (κ2) is 9.07. The van der Waals surface area contributed by atoms with Gasteiger partial charge < -0.3 is 10.4 Å². The fraction of sp³-hybridized carbons (Fsp3) is 0.100. The fourth-order valence-electron chi connectivity index (χ4n) is 2.73. The molecule has 1 heterocycles. The molecule has 0 atom stereocenters. The maximum absolute atomic E-state index is 12.6. The maximum Gasteiger partial charge on any atom is 0.335 e. The van der Waals surface area contributed by atoms with Gasteiger partial charge in [-0.1, -0.05) is 29.3 Å². The smallest absolute Gasteiger partial charge is 0.335 e. The third-order valence-corrected chi connectivity index (χ3v) is 5.10. The van der Waals surface area contributed by atoms with Gasteiger partial charge in [0.05, 0.1) is 22.2 Å². The zero-order valence-electron chi connectivity index (χ0n) is 16.1. The SMILES string of the molecule is Cn1c(NC(=O)Nc2ccc(C(=O)O)cc2)cc(=O)n(Cc2ccc(Cl)c(Cl)c2)c1=O. The summed E-state index contributed by atoms with van der Waals surface area (Å²) in [6.45, 7) is -0.0230. The van der Waals surface area contributed by atoms with E-state index in [4.69, 9.17) is 28.3 Å². The summed E-state index contributed by atoms with van der Waals surface area (Å²) in [6.07, 6.45) is 0. The van der Waals surface area contributed by atoms with Crippen LogP contribution in [0.2, 0.25) is 10.0 Å². The highest BCUT2D eigenvalue weighted by Gasteiger charge is 2.13. The minimum absolute atomic E-state index is 0.0138. The van der Waals surface area contributed by atoms with Crippen molar-refractivity contribution in [2.75, 3.05) is 10.6 Å². The molecule has 0 aliphatic rings. The Balaban J connectivity index is 1.78. The Morgan fingerprint density at radius 1 is 0.968 bits per heavy atom. The normalized spacial score (nSPS) is 10.5. The lowest BCUT2D eigenvalue weighted by Crippen LogP contribution is -2.40. The van der Waals surface area contributed by atoms with Gasteiger partial charge in [0.2, 0.25) is 0 Å². The number of carboxylic acid groups (broad SMARTS) is 1. The van der Waals surface area contributed by atoms with Gasteiger partial charge >= 0.3 is 17.7 Å². The van der Waals surface area contributed by atoms with E-state index in [0.717, 1.165) is 15.2 Å². The maximum atomic E-state index is 12.6. The summed E-state index contributed by atoms with van der Waals surface area (Å²) in [7, 11) is 1.41. The molecular formula is C20H16Cl2N4O5. The van der Waals surface area contributed by atoms with E-state index >= 15 is 0 Å². The van der Waals surface area contributed by atoms with Crippen molar-refractivity contribution in [3.8, 4) is 0 Å². The number of urea groups is 1. The van der Waals surface area contributed by atoms with Gasteiger partial charge in [0.15, 0.2) is 0 Å². The van der Waals surface area contributed by atoms with Crippen LogP contribution in [0.3, 0.4) is 0 Å². The number of anilines is 2. The average molecular weight is 463 g/mol. The number of aromatic nitrogens is 2. The van der Waals surface area contributed by atoms with Crippen molar-refractivity contribution in [3.63, 3.8) is 0 Å². The van der Waals surface area contributed by atoms with Crippen molar-refractivity contribution in [2.24, 2.45) is 7.05 Å². The number of carbonyl (C=O) groups excluding carboxylic acids is 1. The molecule has 160 valence electrons. The Hall–Kier alpha value is -3.56. The number of nitrogens with zero attached hydrogens (tertiary/aromatic N) is 2. The lowest BCUT2D eigenvalue weighted by molar-refractivity contribution is 0.0697. The molecule has 2 amide bonds. The second-order valence-electron chi connectivity index (χ2n) is 6.51. The molecule has 0 aliphatic carbocycles. The Kier molecular flexibility index (Phi) is 6.47. The minimum atomic E-state index is -1.09. The lowest BCUT2D eigenvalue weighted by Gasteiger charge is -2.13. The molecule has 0 saturated heterocycles. The number of rotatable bonds is 5. The van der Waals surface area contributed by atoms with Gasteiger partial charge in [-0.25, -0.2) is 14.4 Å². The molecule has 0 spiro atoms. The first-order valence-electron chi connectivity index (χ1n) is 8.82. The molecule has 0 unspecified atom stereocenters. The van der Waals surface area contributed by atoms with E-state index < -0.39 is 23.2 Å². The van der Waals surface area contributed by atoms with Gasteiger partial charge in [0.25, 0.3) is 5.56 Å². The summed E-state index contributed by atoms with van der Waals surface area (Å²) in [5, 5.41) is 14.5. The number of benzene rings is 2. The predicted octanol–water partition coefficient (Wildman–Crippen LogP) is 3.24. The van der Waals surface area contributed by atoms with Crippen molar-refractivity contribution in [3.05, 3.63) is 90.5 Å². The van der Waals surface area contributed by atoms with E-state index in [1.54, 1.807) is 18.2 Å². The van der Waals surface area contributed by atoms with Crippen molar-refractivity contribution in [1.29, 1.82) is 0 Å². The largest absolute Gasteiger partial charge is 0.478 e. The Bertz CT molecular complexity index is 1280. The van der Waals surface area contributed by atoms with Gasteiger partial charge in [-0.15, -0.1) is 0 Å². The summed E-state index contributed by atoms with van der Waals surface area (Å²) >= 11 is 11.9. The zero-order chi connectivity index (χ0) is 22.7. The van der Waals surface area contributed by atoms with E-state index in [-0.39, 0.29) is 17.9 Å². The van der Waals surface area contributed by atoms with Crippen molar-refractivity contribution >= 4 is 46.7 Å². The molecule has 31 heavy (non-hydrogen) atoms. The third kappa shape index (κ3) is 5.14. The molecule has 9 nitrogen and oxygen atoms in total. The summed E-state index contributed by atoms with van der Waals surface area (Å²) in [5.74, 6) is -1.10. The highest BCUT2D eigenvalue weighted by Crippen LogP contribution is 2.22. The monoisotopic (exact) mass is 462 g/mol. The molecule has 0 bridgehead atoms. The fourth-order valence-corrected chi connectivity index (χ4v) is 3.05. The minimum Gasteiger partial charge on any atom is -0.478 e. The molecule has 3 N–H and O–H groups in total. The summed E-state index contributed by atoms with van der Waals surface area (Å²) in [4.78, 5) is 48.2. The molecule has 3 aromatic rings. The van der Waals surface area contributed by atoms with Crippen LogP contribution in [-0.4, -0.2) is 26.2 Å². The van der Waals surface area contributed by atoms with Crippen LogP contribution in [0.25, 0.3) is 0 Å². The quantitative estimate of drug-likeness (QED) is 0.536. The van der Waals surface area contributed by atoms with Crippen LogP contribution in [0, 0.1) is 0 Å². The van der Waals surface area contributed by atoms with Crippen molar-refractivity contribution in [2.45, 2.75) is 6.54 Å². The van der Waals surface area contributed by atoms with E-state index in [0.29, 0.717) is 21.3 Å². The van der Waals surface area contributed by atoms with Gasteiger partial charge in [0.1, 0.15) is 5.82 Å². The first-order valence-corrected chi connectivity index (χ1v) is 9.57. The Morgan fingerprint density at radius 2 is 1.65 bits per heavy atom. The molecule has 11 heteroatoms. The third-order valence-electron chi connectivity index (χ3n) is 4.36. The van der Waals surface area contributed by atoms with Crippen LogP contribution in [0.4, 0.5) is 16.3 Å².